The van der Waals surface area contributed by atoms with Gasteiger partial charge in [-0.3, -0.25) is 4.79 Å². The Morgan fingerprint density at radius 3 is 2.81 bits per heavy atom. The van der Waals surface area contributed by atoms with E-state index in [-0.39, 0.29) is 5.92 Å². The lowest BCUT2D eigenvalue weighted by molar-refractivity contribution is -0.142. The van der Waals surface area contributed by atoms with E-state index in [9.17, 15) is 4.79 Å². The van der Waals surface area contributed by atoms with Crippen LogP contribution in [0.15, 0.2) is 36.9 Å². The van der Waals surface area contributed by atoms with Crippen LogP contribution in [0.25, 0.3) is 0 Å². The van der Waals surface area contributed by atoms with Crippen molar-refractivity contribution in [1.29, 1.82) is 0 Å². The summed E-state index contributed by atoms with van der Waals surface area (Å²) < 4.78 is 5.52. The summed E-state index contributed by atoms with van der Waals surface area (Å²) >= 11 is 0. The van der Waals surface area contributed by atoms with Gasteiger partial charge >= 0.3 is 5.97 Å². The van der Waals surface area contributed by atoms with Crippen molar-refractivity contribution in [2.45, 2.75) is 38.3 Å². The first kappa shape index (κ1) is 15.6. The van der Waals surface area contributed by atoms with Crippen LogP contribution in [0.2, 0.25) is 0 Å². The Morgan fingerprint density at radius 2 is 2.14 bits per heavy atom. The van der Waals surface area contributed by atoms with Gasteiger partial charge in [-0.15, -0.1) is 0 Å². The van der Waals surface area contributed by atoms with Gasteiger partial charge in [0.1, 0.15) is 12.4 Å². The lowest BCUT2D eigenvalue weighted by Crippen LogP contribution is -2.34. The summed E-state index contributed by atoms with van der Waals surface area (Å²) in [4.78, 5) is 10.9. The van der Waals surface area contributed by atoms with Crippen LogP contribution in [0.3, 0.4) is 0 Å². The Morgan fingerprint density at radius 1 is 1.38 bits per heavy atom. The van der Waals surface area contributed by atoms with E-state index in [2.05, 4.69) is 18.0 Å². The van der Waals surface area contributed by atoms with Gasteiger partial charge in [0.15, 0.2) is 0 Å². The zero-order valence-electron chi connectivity index (χ0n) is 12.3. The molecule has 1 saturated carbocycles. The van der Waals surface area contributed by atoms with Crippen LogP contribution < -0.4 is 10.1 Å². The molecule has 0 amide bonds. The first-order valence-corrected chi connectivity index (χ1v) is 7.48. The molecule has 1 fully saturated rings. The topological polar surface area (TPSA) is 58.6 Å². The minimum atomic E-state index is -0.652. The number of aliphatic carboxylic acids is 1. The highest BCUT2D eigenvalue weighted by atomic mass is 16.5. The summed E-state index contributed by atoms with van der Waals surface area (Å²) in [6, 6.07) is 8.43. The predicted octanol–water partition coefficient (Wildman–Crippen LogP) is 2.98. The van der Waals surface area contributed by atoms with Crippen molar-refractivity contribution in [3.05, 3.63) is 42.5 Å². The lowest BCUT2D eigenvalue weighted by Gasteiger charge is -2.27. The number of carboxylic acids is 1. The first-order chi connectivity index (χ1) is 10.2. The minimum Gasteiger partial charge on any atom is -0.490 e. The van der Waals surface area contributed by atoms with Gasteiger partial charge in [-0.25, -0.2) is 0 Å². The smallest absolute Gasteiger partial charge is 0.306 e. The second-order valence-corrected chi connectivity index (χ2v) is 5.51. The Labute approximate surface area is 125 Å². The Kier molecular flexibility index (Phi) is 5.81. The van der Waals surface area contributed by atoms with Crippen LogP contribution in [-0.4, -0.2) is 23.7 Å². The van der Waals surface area contributed by atoms with Gasteiger partial charge in [-0.05, 0) is 43.4 Å². The summed E-state index contributed by atoms with van der Waals surface area (Å²) in [7, 11) is 0. The molecular formula is C17H23NO3. The number of hydrogen-bond donors (Lipinski definition) is 2. The molecule has 114 valence electrons. The van der Waals surface area contributed by atoms with Crippen molar-refractivity contribution in [3.63, 3.8) is 0 Å². The molecule has 0 atom stereocenters. The molecule has 0 aromatic heterocycles. The maximum atomic E-state index is 10.9. The number of hydrogen-bond acceptors (Lipinski definition) is 3. The van der Waals surface area contributed by atoms with Crippen LogP contribution >= 0.6 is 0 Å². The van der Waals surface area contributed by atoms with Crippen molar-refractivity contribution in [2.24, 2.45) is 5.92 Å². The molecule has 1 aromatic carbocycles. The average Bonchev–Trinajstić information content (AvgIpc) is 2.52. The zero-order chi connectivity index (χ0) is 15.1. The van der Waals surface area contributed by atoms with E-state index >= 15 is 0 Å². The van der Waals surface area contributed by atoms with Crippen LogP contribution in [0.1, 0.15) is 31.2 Å². The molecule has 21 heavy (non-hydrogen) atoms. The highest BCUT2D eigenvalue weighted by Crippen LogP contribution is 2.24. The largest absolute Gasteiger partial charge is 0.490 e. The standard InChI is InChI=1S/C17H23NO3/c1-2-10-21-16-5-3-4-13(11-16)12-18-15-8-6-14(7-9-15)17(19)20/h2-5,11,14-15,18H,1,6-10,12H2,(H,19,20). The summed E-state index contributed by atoms with van der Waals surface area (Å²) in [5, 5.41) is 12.5. The van der Waals surface area contributed by atoms with Crippen LogP contribution in [0.4, 0.5) is 0 Å². The Balaban J connectivity index is 1.78. The normalized spacial score (nSPS) is 21.7. The molecule has 1 aliphatic rings. The highest BCUT2D eigenvalue weighted by Gasteiger charge is 2.25. The van der Waals surface area contributed by atoms with E-state index in [1.165, 1.54) is 5.56 Å². The molecule has 0 saturated heterocycles. The summed E-state index contributed by atoms with van der Waals surface area (Å²) in [6.45, 7) is 4.93. The fourth-order valence-corrected chi connectivity index (χ4v) is 2.71. The number of rotatable bonds is 7. The molecule has 4 heteroatoms. The number of ether oxygens (including phenoxy) is 1. The van der Waals surface area contributed by atoms with Crippen molar-refractivity contribution in [1.82, 2.24) is 5.32 Å². The van der Waals surface area contributed by atoms with Crippen LogP contribution in [-0.2, 0) is 11.3 Å². The highest BCUT2D eigenvalue weighted by molar-refractivity contribution is 5.70. The third-order valence-corrected chi connectivity index (χ3v) is 3.94. The second kappa shape index (κ2) is 7.84. The fourth-order valence-electron chi connectivity index (χ4n) is 2.71. The van der Waals surface area contributed by atoms with Crippen LogP contribution in [0, 0.1) is 5.92 Å². The predicted molar refractivity (Wildman–Crippen MR) is 82.4 cm³/mol. The Bertz CT molecular complexity index is 479. The average molecular weight is 289 g/mol. The number of benzene rings is 1. The van der Waals surface area contributed by atoms with E-state index in [1.54, 1.807) is 6.08 Å². The van der Waals surface area contributed by atoms with Crippen molar-refractivity contribution in [3.8, 4) is 5.75 Å². The van der Waals surface area contributed by atoms with E-state index in [0.29, 0.717) is 12.6 Å². The van der Waals surface area contributed by atoms with Crippen molar-refractivity contribution >= 4 is 5.97 Å². The van der Waals surface area contributed by atoms with E-state index in [4.69, 9.17) is 9.84 Å². The number of carbonyl (C=O) groups is 1. The van der Waals surface area contributed by atoms with Gasteiger partial charge in [-0.2, -0.15) is 0 Å². The third-order valence-electron chi connectivity index (χ3n) is 3.94. The van der Waals surface area contributed by atoms with Gasteiger partial charge in [0.2, 0.25) is 0 Å². The number of carboxylic acid groups (broad SMARTS) is 1. The quantitative estimate of drug-likeness (QED) is 0.758. The molecule has 2 rings (SSSR count). The minimum absolute atomic E-state index is 0.154. The SMILES string of the molecule is C=CCOc1cccc(CNC2CCC(C(=O)O)CC2)c1. The maximum absolute atomic E-state index is 10.9. The monoisotopic (exact) mass is 289 g/mol. The van der Waals surface area contributed by atoms with Crippen molar-refractivity contribution in [2.75, 3.05) is 6.61 Å². The molecule has 0 radical (unpaired) electrons. The molecule has 0 unspecified atom stereocenters. The molecule has 0 heterocycles. The Hall–Kier alpha value is -1.81. The molecule has 4 nitrogen and oxygen atoms in total. The third kappa shape index (κ3) is 4.90. The van der Waals surface area contributed by atoms with Gasteiger partial charge in [0.25, 0.3) is 0 Å². The molecule has 0 aliphatic heterocycles. The van der Waals surface area contributed by atoms with Gasteiger partial charge in [-0.1, -0.05) is 24.8 Å². The van der Waals surface area contributed by atoms with Gasteiger partial charge < -0.3 is 15.2 Å². The number of nitrogens with one attached hydrogen (secondary N) is 1. The lowest BCUT2D eigenvalue weighted by atomic mass is 9.86. The molecule has 2 N–H and O–H groups in total. The van der Waals surface area contributed by atoms with E-state index in [1.807, 2.05) is 18.2 Å². The fraction of sp³-hybridized carbons (Fsp3) is 0.471. The summed E-state index contributed by atoms with van der Waals surface area (Å²) in [5.74, 6) is 0.0444. The molecular weight excluding hydrogens is 266 g/mol. The first-order valence-electron chi connectivity index (χ1n) is 7.48. The van der Waals surface area contributed by atoms with Crippen LogP contribution in [0.5, 0.6) is 5.75 Å². The maximum Gasteiger partial charge on any atom is 0.306 e. The second-order valence-electron chi connectivity index (χ2n) is 5.51. The molecule has 0 bridgehead atoms. The van der Waals surface area contributed by atoms with Crippen molar-refractivity contribution < 1.29 is 14.6 Å². The summed E-state index contributed by atoms with van der Waals surface area (Å²) in [5.41, 5.74) is 1.18. The molecule has 1 aromatic rings. The zero-order valence-corrected chi connectivity index (χ0v) is 12.3. The van der Waals surface area contributed by atoms with E-state index in [0.717, 1.165) is 38.0 Å². The van der Waals surface area contributed by atoms with Gasteiger partial charge in [0, 0.05) is 12.6 Å². The molecule has 0 spiro atoms. The van der Waals surface area contributed by atoms with E-state index < -0.39 is 5.97 Å². The summed E-state index contributed by atoms with van der Waals surface area (Å²) in [6.07, 6.45) is 5.14. The molecule has 1 aliphatic carbocycles. The van der Waals surface area contributed by atoms with Gasteiger partial charge in [0.05, 0.1) is 5.92 Å².